The number of anilines is 2. The molecular weight excluding hydrogens is 645 g/mol. The van der Waals surface area contributed by atoms with E-state index in [2.05, 4.69) is 192 Å². The molecule has 2 aromatic heterocycles. The van der Waals surface area contributed by atoms with Crippen molar-refractivity contribution in [1.29, 1.82) is 0 Å². The van der Waals surface area contributed by atoms with Crippen LogP contribution in [0.5, 0.6) is 0 Å². The highest BCUT2D eigenvalue weighted by atomic mass is 16.3. The van der Waals surface area contributed by atoms with Gasteiger partial charge in [-0.15, -0.1) is 0 Å². The fourth-order valence-corrected chi connectivity index (χ4v) is 8.34. The number of hydrogen-bond donors (Lipinski definition) is 1. The fraction of sp³-hybridized carbons (Fsp3) is 0. The lowest BCUT2D eigenvalue weighted by Gasteiger charge is -2.16. The molecule has 248 valence electrons. The molecule has 11 aromatic rings. The van der Waals surface area contributed by atoms with Crippen molar-refractivity contribution in [3.63, 3.8) is 0 Å². The second kappa shape index (κ2) is 11.7. The Kier molecular flexibility index (Phi) is 6.55. The largest absolute Gasteiger partial charge is 0.456 e. The average molecular weight is 677 g/mol. The summed E-state index contributed by atoms with van der Waals surface area (Å²) in [5, 5.41) is 13.3. The topological polar surface area (TPSA) is 30.1 Å². The standard InChI is InChI=1S/C50H32N2O/c1-2-12-34(13-3-1)40-30-35(24-26-43(40)51-42-21-10-16-32-14-4-6-18-37(32)42)36-25-27-45-41(31-36)49-46(28-29-48-50(49)39-20-8-9-23-47(39)53-48)52(45)44-22-11-17-33-15-5-7-19-38(33)44/h1-31,51H. The molecule has 0 aliphatic rings. The summed E-state index contributed by atoms with van der Waals surface area (Å²) >= 11 is 0. The average Bonchev–Trinajstić information content (AvgIpc) is 3.76. The van der Waals surface area contributed by atoms with Crippen LogP contribution in [0.3, 0.4) is 0 Å². The first kappa shape index (κ1) is 29.6. The molecule has 9 aromatic carbocycles. The zero-order valence-corrected chi connectivity index (χ0v) is 28.8. The number of hydrogen-bond acceptors (Lipinski definition) is 2. The van der Waals surface area contributed by atoms with Crippen molar-refractivity contribution < 1.29 is 4.42 Å². The summed E-state index contributed by atoms with van der Waals surface area (Å²) in [6.45, 7) is 0. The lowest BCUT2D eigenvalue weighted by Crippen LogP contribution is -1.96. The number of nitrogens with zero attached hydrogens (tertiary/aromatic N) is 1. The van der Waals surface area contributed by atoms with Crippen molar-refractivity contribution in [2.75, 3.05) is 5.32 Å². The zero-order chi connectivity index (χ0) is 34.9. The predicted molar refractivity (Wildman–Crippen MR) is 224 cm³/mol. The van der Waals surface area contributed by atoms with E-state index in [-0.39, 0.29) is 0 Å². The minimum absolute atomic E-state index is 0.899. The van der Waals surface area contributed by atoms with Gasteiger partial charge in [0.15, 0.2) is 0 Å². The highest BCUT2D eigenvalue weighted by Gasteiger charge is 2.20. The van der Waals surface area contributed by atoms with Crippen LogP contribution in [-0.2, 0) is 0 Å². The highest BCUT2D eigenvalue weighted by Crippen LogP contribution is 2.44. The third-order valence-corrected chi connectivity index (χ3v) is 10.8. The van der Waals surface area contributed by atoms with Crippen LogP contribution in [0.4, 0.5) is 11.4 Å². The lowest BCUT2D eigenvalue weighted by molar-refractivity contribution is 0.669. The minimum Gasteiger partial charge on any atom is -0.456 e. The molecule has 3 nitrogen and oxygen atoms in total. The van der Waals surface area contributed by atoms with Gasteiger partial charge in [-0.05, 0) is 82.1 Å². The normalized spacial score (nSPS) is 11.8. The highest BCUT2D eigenvalue weighted by molar-refractivity contribution is 6.28. The zero-order valence-electron chi connectivity index (χ0n) is 28.8. The second-order valence-corrected chi connectivity index (χ2v) is 13.8. The maximum atomic E-state index is 6.45. The number of aromatic nitrogens is 1. The van der Waals surface area contributed by atoms with Crippen LogP contribution >= 0.6 is 0 Å². The molecule has 0 atom stereocenters. The van der Waals surface area contributed by atoms with Crippen molar-refractivity contribution >= 4 is 76.7 Å². The molecule has 0 aliphatic heterocycles. The molecule has 3 heteroatoms. The van der Waals surface area contributed by atoms with Gasteiger partial charge in [0, 0.05) is 49.3 Å². The summed E-state index contributed by atoms with van der Waals surface area (Å²) in [6.07, 6.45) is 0. The van der Waals surface area contributed by atoms with Gasteiger partial charge in [0.1, 0.15) is 11.2 Å². The molecular formula is C50H32N2O. The first-order chi connectivity index (χ1) is 26.3. The van der Waals surface area contributed by atoms with Gasteiger partial charge >= 0.3 is 0 Å². The SMILES string of the molecule is c1ccc(-c2cc(-c3ccc4c(c3)c3c5c(ccc3n4-c3cccc4ccccc34)oc3ccccc35)ccc2Nc2cccc3ccccc23)cc1. The number of benzene rings is 9. The predicted octanol–water partition coefficient (Wildman–Crippen LogP) is 14.1. The summed E-state index contributed by atoms with van der Waals surface area (Å²) in [5.74, 6) is 0. The molecule has 0 amide bonds. The van der Waals surface area contributed by atoms with E-state index in [4.69, 9.17) is 4.42 Å². The summed E-state index contributed by atoms with van der Waals surface area (Å²) in [5.41, 5.74) is 12.1. The van der Waals surface area contributed by atoms with E-state index in [0.29, 0.717) is 0 Å². The van der Waals surface area contributed by atoms with Gasteiger partial charge in [-0.25, -0.2) is 0 Å². The first-order valence-corrected chi connectivity index (χ1v) is 18.1. The van der Waals surface area contributed by atoms with Crippen LogP contribution in [0.2, 0.25) is 0 Å². The van der Waals surface area contributed by atoms with Crippen molar-refractivity contribution in [2.24, 2.45) is 0 Å². The van der Waals surface area contributed by atoms with Crippen LogP contribution in [-0.4, -0.2) is 4.57 Å². The maximum absolute atomic E-state index is 6.45. The van der Waals surface area contributed by atoms with Crippen LogP contribution in [0.1, 0.15) is 0 Å². The van der Waals surface area contributed by atoms with Gasteiger partial charge in [0.25, 0.3) is 0 Å². The van der Waals surface area contributed by atoms with E-state index in [1.165, 1.54) is 38.0 Å². The van der Waals surface area contributed by atoms with E-state index in [0.717, 1.165) is 66.6 Å². The van der Waals surface area contributed by atoms with Gasteiger partial charge < -0.3 is 14.3 Å². The number of furan rings is 1. The number of fused-ring (bicyclic) bond motifs is 9. The molecule has 0 saturated carbocycles. The lowest BCUT2D eigenvalue weighted by atomic mass is 9.95. The van der Waals surface area contributed by atoms with E-state index in [1.807, 2.05) is 6.07 Å². The molecule has 0 radical (unpaired) electrons. The van der Waals surface area contributed by atoms with Gasteiger partial charge in [-0.1, -0.05) is 133 Å². The minimum atomic E-state index is 0.899. The summed E-state index contributed by atoms with van der Waals surface area (Å²) in [4.78, 5) is 0. The Morgan fingerprint density at radius 1 is 0.377 bits per heavy atom. The van der Waals surface area contributed by atoms with Crippen LogP contribution in [0, 0.1) is 0 Å². The smallest absolute Gasteiger partial charge is 0.136 e. The van der Waals surface area contributed by atoms with E-state index >= 15 is 0 Å². The molecule has 1 N–H and O–H groups in total. The van der Waals surface area contributed by atoms with Crippen LogP contribution < -0.4 is 5.32 Å². The Balaban J connectivity index is 1.16. The molecule has 0 bridgehead atoms. The van der Waals surface area contributed by atoms with E-state index in [9.17, 15) is 0 Å². The number of nitrogens with one attached hydrogen (secondary N) is 1. The molecule has 0 unspecified atom stereocenters. The summed E-state index contributed by atoms with van der Waals surface area (Å²) in [6, 6.07) is 67.4. The van der Waals surface area contributed by atoms with Crippen molar-refractivity contribution in [2.45, 2.75) is 0 Å². The van der Waals surface area contributed by atoms with Gasteiger partial charge in [0.05, 0.1) is 16.7 Å². The summed E-state index contributed by atoms with van der Waals surface area (Å²) in [7, 11) is 0. The molecule has 53 heavy (non-hydrogen) atoms. The maximum Gasteiger partial charge on any atom is 0.136 e. The van der Waals surface area contributed by atoms with Crippen LogP contribution in [0.25, 0.3) is 93.2 Å². The van der Waals surface area contributed by atoms with E-state index < -0.39 is 0 Å². The Morgan fingerprint density at radius 2 is 1.04 bits per heavy atom. The van der Waals surface area contributed by atoms with Crippen molar-refractivity contribution in [3.8, 4) is 27.9 Å². The monoisotopic (exact) mass is 676 g/mol. The third kappa shape index (κ3) is 4.68. The van der Waals surface area contributed by atoms with Gasteiger partial charge in [0.2, 0.25) is 0 Å². The van der Waals surface area contributed by atoms with E-state index in [1.54, 1.807) is 0 Å². The van der Waals surface area contributed by atoms with Crippen LogP contribution in [0.15, 0.2) is 192 Å². The third-order valence-electron chi connectivity index (χ3n) is 10.8. The van der Waals surface area contributed by atoms with Crippen molar-refractivity contribution in [3.05, 3.63) is 188 Å². The molecule has 0 saturated heterocycles. The summed E-state index contributed by atoms with van der Waals surface area (Å²) < 4.78 is 8.88. The molecule has 0 aliphatic carbocycles. The van der Waals surface area contributed by atoms with Gasteiger partial charge in [-0.3, -0.25) is 0 Å². The Hall–Kier alpha value is -7.10. The Morgan fingerprint density at radius 3 is 1.91 bits per heavy atom. The first-order valence-electron chi connectivity index (χ1n) is 18.1. The van der Waals surface area contributed by atoms with Gasteiger partial charge in [-0.2, -0.15) is 0 Å². The molecule has 11 rings (SSSR count). The van der Waals surface area contributed by atoms with Crippen molar-refractivity contribution in [1.82, 2.24) is 4.57 Å². The molecule has 0 spiro atoms. The molecule has 0 fully saturated rings. The number of para-hydroxylation sites is 1. The Labute approximate surface area is 306 Å². The molecule has 2 heterocycles. The Bertz CT molecular complexity index is 3190. The second-order valence-electron chi connectivity index (χ2n) is 13.8. The number of rotatable bonds is 5. The quantitative estimate of drug-likeness (QED) is 0.197. The fourth-order valence-electron chi connectivity index (χ4n) is 8.34.